The van der Waals surface area contributed by atoms with E-state index in [0.717, 1.165) is 6.07 Å². The van der Waals surface area contributed by atoms with Crippen LogP contribution in [0.1, 0.15) is 16.8 Å². The molecule has 0 fully saturated rings. The van der Waals surface area contributed by atoms with Crippen LogP contribution in [0.15, 0.2) is 24.3 Å². The largest absolute Gasteiger partial charge is 0.469 e. The molecule has 0 amide bonds. The van der Waals surface area contributed by atoms with Crippen molar-refractivity contribution in [2.45, 2.75) is 19.5 Å². The highest BCUT2D eigenvalue weighted by Crippen LogP contribution is 2.35. The first-order chi connectivity index (χ1) is 9.32. The zero-order chi connectivity index (χ0) is 14.9. The molecule has 0 saturated carbocycles. The molecular formula is C14H12F3NO2. The lowest BCUT2D eigenvalue weighted by Crippen LogP contribution is -2.09. The van der Waals surface area contributed by atoms with Gasteiger partial charge < -0.3 is 4.74 Å². The van der Waals surface area contributed by atoms with E-state index in [9.17, 15) is 18.0 Å². The van der Waals surface area contributed by atoms with Gasteiger partial charge in [-0.1, -0.05) is 6.07 Å². The van der Waals surface area contributed by atoms with Gasteiger partial charge in [0.1, 0.15) is 0 Å². The number of aryl methyl sites for hydroxylation is 1. The maximum Gasteiger partial charge on any atom is 0.417 e. The second-order valence-electron chi connectivity index (χ2n) is 4.38. The number of ether oxygens (including phenoxy) is 1. The Balaban J connectivity index is 2.60. The zero-order valence-corrected chi connectivity index (χ0v) is 10.9. The van der Waals surface area contributed by atoms with Gasteiger partial charge in [-0.2, -0.15) is 13.2 Å². The van der Waals surface area contributed by atoms with Crippen molar-refractivity contribution in [3.8, 4) is 0 Å². The number of carbonyl (C=O) groups is 1. The third-order valence-corrected chi connectivity index (χ3v) is 2.94. The van der Waals surface area contributed by atoms with Crippen LogP contribution in [0, 0.1) is 6.92 Å². The fourth-order valence-corrected chi connectivity index (χ4v) is 2.10. The molecule has 1 heterocycles. The number of hydrogen-bond acceptors (Lipinski definition) is 3. The van der Waals surface area contributed by atoms with E-state index in [1.165, 1.54) is 25.3 Å². The monoisotopic (exact) mass is 283 g/mol. The second-order valence-corrected chi connectivity index (χ2v) is 4.38. The van der Waals surface area contributed by atoms with Gasteiger partial charge in [-0.05, 0) is 30.7 Å². The lowest BCUT2D eigenvalue weighted by Gasteiger charge is -2.13. The minimum absolute atomic E-state index is 0.0635. The van der Waals surface area contributed by atoms with Gasteiger partial charge in [-0.3, -0.25) is 9.78 Å². The van der Waals surface area contributed by atoms with Crippen LogP contribution in [0.25, 0.3) is 10.9 Å². The van der Waals surface area contributed by atoms with Gasteiger partial charge in [0.15, 0.2) is 0 Å². The summed E-state index contributed by atoms with van der Waals surface area (Å²) in [5, 5.41) is 0.0635. The maximum atomic E-state index is 13.0. The number of pyridine rings is 1. The molecule has 20 heavy (non-hydrogen) atoms. The Morgan fingerprint density at radius 2 is 2.05 bits per heavy atom. The number of esters is 1. The summed E-state index contributed by atoms with van der Waals surface area (Å²) in [6.45, 7) is 1.57. The van der Waals surface area contributed by atoms with Crippen molar-refractivity contribution in [1.82, 2.24) is 4.98 Å². The van der Waals surface area contributed by atoms with E-state index in [2.05, 4.69) is 9.72 Å². The summed E-state index contributed by atoms with van der Waals surface area (Å²) in [5.74, 6) is -0.483. The molecule has 0 aliphatic rings. The number of benzene rings is 1. The first-order valence-corrected chi connectivity index (χ1v) is 5.86. The molecule has 0 spiro atoms. The Kier molecular flexibility index (Phi) is 3.65. The lowest BCUT2D eigenvalue weighted by molar-refractivity contribution is -0.140. The van der Waals surface area contributed by atoms with E-state index >= 15 is 0 Å². The predicted molar refractivity (Wildman–Crippen MR) is 67.2 cm³/mol. The number of methoxy groups -OCH3 is 1. The summed E-state index contributed by atoms with van der Waals surface area (Å²) in [4.78, 5) is 15.3. The Bertz CT molecular complexity index is 665. The van der Waals surface area contributed by atoms with Crippen LogP contribution in [0.5, 0.6) is 0 Å². The summed E-state index contributed by atoms with van der Waals surface area (Å²) in [5.41, 5.74) is 0.325. The zero-order valence-electron chi connectivity index (χ0n) is 10.9. The van der Waals surface area contributed by atoms with Crippen molar-refractivity contribution in [2.24, 2.45) is 0 Å². The second kappa shape index (κ2) is 5.11. The summed E-state index contributed by atoms with van der Waals surface area (Å²) in [6.07, 6.45) is -4.50. The highest BCUT2D eigenvalue weighted by atomic mass is 19.4. The van der Waals surface area contributed by atoms with Crippen molar-refractivity contribution in [3.05, 3.63) is 41.1 Å². The lowest BCUT2D eigenvalue weighted by atomic mass is 10.0. The summed E-state index contributed by atoms with van der Waals surface area (Å²) < 4.78 is 43.4. The maximum absolute atomic E-state index is 13.0. The van der Waals surface area contributed by atoms with Crippen LogP contribution < -0.4 is 0 Å². The number of aromatic nitrogens is 1. The normalized spacial score (nSPS) is 11.7. The van der Waals surface area contributed by atoms with Crippen molar-refractivity contribution < 1.29 is 22.7 Å². The van der Waals surface area contributed by atoms with Crippen LogP contribution in [-0.2, 0) is 22.1 Å². The van der Waals surface area contributed by atoms with E-state index in [1.807, 2.05) is 0 Å². The van der Waals surface area contributed by atoms with Gasteiger partial charge in [-0.25, -0.2) is 0 Å². The molecule has 106 valence electrons. The number of nitrogens with zero attached hydrogens (tertiary/aromatic N) is 1. The number of carbonyl (C=O) groups excluding carboxylic acids is 1. The van der Waals surface area contributed by atoms with Gasteiger partial charge in [0.05, 0.1) is 30.3 Å². The van der Waals surface area contributed by atoms with Crippen molar-refractivity contribution in [3.63, 3.8) is 0 Å². The van der Waals surface area contributed by atoms with E-state index < -0.39 is 17.7 Å². The van der Waals surface area contributed by atoms with Crippen LogP contribution >= 0.6 is 0 Å². The Hall–Kier alpha value is -2.11. The number of halogens is 3. The molecule has 0 aliphatic heterocycles. The van der Waals surface area contributed by atoms with Crippen LogP contribution in [-0.4, -0.2) is 18.1 Å². The van der Waals surface area contributed by atoms with Crippen LogP contribution in [0.3, 0.4) is 0 Å². The molecule has 0 saturated heterocycles. The SMILES string of the molecule is COC(=O)Cc1cc(C)c2c(C(F)(F)F)cccc2n1. The molecule has 0 N–H and O–H groups in total. The van der Waals surface area contributed by atoms with E-state index in [1.54, 1.807) is 6.92 Å². The van der Waals surface area contributed by atoms with E-state index in [-0.39, 0.29) is 17.3 Å². The molecule has 0 aliphatic carbocycles. The van der Waals surface area contributed by atoms with Crippen molar-refractivity contribution >= 4 is 16.9 Å². The van der Waals surface area contributed by atoms with Gasteiger partial charge >= 0.3 is 12.1 Å². The third-order valence-electron chi connectivity index (χ3n) is 2.94. The third kappa shape index (κ3) is 2.74. The van der Waals surface area contributed by atoms with Crippen LogP contribution in [0.4, 0.5) is 13.2 Å². The van der Waals surface area contributed by atoms with Gasteiger partial charge in [0, 0.05) is 5.39 Å². The fraction of sp³-hybridized carbons (Fsp3) is 0.286. The van der Waals surface area contributed by atoms with Gasteiger partial charge in [-0.15, -0.1) is 0 Å². The molecule has 1 aromatic heterocycles. The fourth-order valence-electron chi connectivity index (χ4n) is 2.10. The van der Waals surface area contributed by atoms with Crippen molar-refractivity contribution in [2.75, 3.05) is 7.11 Å². The topological polar surface area (TPSA) is 39.2 Å². The van der Waals surface area contributed by atoms with Crippen LogP contribution in [0.2, 0.25) is 0 Å². The molecule has 2 rings (SSSR count). The molecule has 3 nitrogen and oxygen atoms in total. The molecular weight excluding hydrogens is 271 g/mol. The predicted octanol–water partition coefficient (Wildman–Crippen LogP) is 3.28. The summed E-state index contributed by atoms with van der Waals surface area (Å²) >= 11 is 0. The highest BCUT2D eigenvalue weighted by molar-refractivity contribution is 5.86. The molecule has 0 unspecified atom stereocenters. The number of fused-ring (bicyclic) bond motifs is 1. The van der Waals surface area contributed by atoms with Gasteiger partial charge in [0.25, 0.3) is 0 Å². The average Bonchev–Trinajstić information content (AvgIpc) is 2.36. The quantitative estimate of drug-likeness (QED) is 0.794. The minimum Gasteiger partial charge on any atom is -0.469 e. The summed E-state index contributed by atoms with van der Waals surface area (Å²) in [7, 11) is 1.25. The summed E-state index contributed by atoms with van der Waals surface area (Å²) in [6, 6.07) is 5.31. The first-order valence-electron chi connectivity index (χ1n) is 5.86. The Labute approximate surface area is 113 Å². The number of rotatable bonds is 2. The smallest absolute Gasteiger partial charge is 0.417 e. The highest BCUT2D eigenvalue weighted by Gasteiger charge is 2.33. The molecule has 0 radical (unpaired) electrons. The molecule has 0 bridgehead atoms. The molecule has 0 atom stereocenters. The first kappa shape index (κ1) is 14.3. The number of alkyl halides is 3. The molecule has 6 heteroatoms. The van der Waals surface area contributed by atoms with Crippen molar-refractivity contribution in [1.29, 1.82) is 0 Å². The number of hydrogen-bond donors (Lipinski definition) is 0. The van der Waals surface area contributed by atoms with E-state index in [0.29, 0.717) is 11.3 Å². The molecule has 1 aromatic carbocycles. The Morgan fingerprint density at radius 1 is 1.35 bits per heavy atom. The molecule has 2 aromatic rings. The van der Waals surface area contributed by atoms with Gasteiger partial charge in [0.2, 0.25) is 0 Å². The minimum atomic E-state index is -4.43. The average molecular weight is 283 g/mol. The standard InChI is InChI=1S/C14H12F3NO2/c1-8-6-9(7-12(19)20-2)18-11-5-3-4-10(13(8)11)14(15,16)17/h3-6H,7H2,1-2H3. The van der Waals surface area contributed by atoms with E-state index in [4.69, 9.17) is 0 Å². The Morgan fingerprint density at radius 3 is 2.65 bits per heavy atom.